The van der Waals surface area contributed by atoms with E-state index in [0.717, 1.165) is 11.3 Å². The van der Waals surface area contributed by atoms with Crippen LogP contribution in [-0.2, 0) is 29.1 Å². The molecule has 2 aromatic carbocycles. The molecule has 142 valence electrons. The molecule has 0 saturated heterocycles. The van der Waals surface area contributed by atoms with Crippen LogP contribution in [0.1, 0.15) is 23.6 Å². The fraction of sp³-hybridized carbons (Fsp3) is 0.333. The molecule has 2 amide bonds. The molecular formula is C21H25N3O3. The summed E-state index contributed by atoms with van der Waals surface area (Å²) in [6, 6.07) is 14.6. The smallest absolute Gasteiger partial charge is 0.242 e. The van der Waals surface area contributed by atoms with Gasteiger partial charge < -0.3 is 20.7 Å². The lowest BCUT2D eigenvalue weighted by molar-refractivity contribution is -0.129. The second-order valence-corrected chi connectivity index (χ2v) is 6.70. The lowest BCUT2D eigenvalue weighted by Gasteiger charge is -2.26. The Labute approximate surface area is 159 Å². The van der Waals surface area contributed by atoms with E-state index in [1.165, 1.54) is 11.1 Å². The van der Waals surface area contributed by atoms with Gasteiger partial charge in [0, 0.05) is 13.1 Å². The van der Waals surface area contributed by atoms with E-state index in [1.54, 1.807) is 14.0 Å². The predicted molar refractivity (Wildman–Crippen MR) is 103 cm³/mol. The van der Waals surface area contributed by atoms with Crippen molar-refractivity contribution in [3.8, 4) is 5.75 Å². The van der Waals surface area contributed by atoms with Crippen molar-refractivity contribution in [3.05, 3.63) is 65.2 Å². The number of methoxy groups -OCH3 is 1. The standard InChI is InChI=1S/C21H25N3O3/c1-14(20(25)23-12-15-7-9-18(27-2)10-8-15)24-21(26)19-11-16-5-3-4-6-17(16)13-22-19/h3-10,14,19,22H,11-13H2,1-2H3,(H,23,25)(H,24,26). The molecule has 3 N–H and O–H groups in total. The zero-order valence-corrected chi connectivity index (χ0v) is 15.6. The molecule has 1 aliphatic rings. The molecule has 2 aromatic rings. The Hall–Kier alpha value is -2.86. The van der Waals surface area contributed by atoms with Gasteiger partial charge in [0.2, 0.25) is 11.8 Å². The number of nitrogens with one attached hydrogen (secondary N) is 3. The average Bonchev–Trinajstić information content (AvgIpc) is 2.71. The molecule has 0 saturated carbocycles. The van der Waals surface area contributed by atoms with Gasteiger partial charge in [0.05, 0.1) is 13.2 Å². The van der Waals surface area contributed by atoms with Crippen LogP contribution in [0.2, 0.25) is 0 Å². The Morgan fingerprint density at radius 3 is 2.56 bits per heavy atom. The molecule has 1 aliphatic heterocycles. The van der Waals surface area contributed by atoms with Gasteiger partial charge in [0.25, 0.3) is 0 Å². The second-order valence-electron chi connectivity index (χ2n) is 6.70. The lowest BCUT2D eigenvalue weighted by atomic mass is 9.95. The van der Waals surface area contributed by atoms with E-state index in [4.69, 9.17) is 4.74 Å². The highest BCUT2D eigenvalue weighted by atomic mass is 16.5. The fourth-order valence-corrected chi connectivity index (χ4v) is 3.10. The third kappa shape index (κ3) is 4.86. The maximum atomic E-state index is 12.5. The van der Waals surface area contributed by atoms with E-state index in [1.807, 2.05) is 42.5 Å². The zero-order chi connectivity index (χ0) is 19.2. The van der Waals surface area contributed by atoms with E-state index in [2.05, 4.69) is 22.0 Å². The van der Waals surface area contributed by atoms with Gasteiger partial charge in [-0.25, -0.2) is 0 Å². The normalized spacial score (nSPS) is 16.7. The van der Waals surface area contributed by atoms with Crippen LogP contribution in [0.15, 0.2) is 48.5 Å². The summed E-state index contributed by atoms with van der Waals surface area (Å²) in [5.74, 6) is 0.402. The van der Waals surface area contributed by atoms with Crippen LogP contribution in [-0.4, -0.2) is 31.0 Å². The molecule has 3 rings (SSSR count). The summed E-state index contributed by atoms with van der Waals surface area (Å²) >= 11 is 0. The molecule has 2 atom stereocenters. The van der Waals surface area contributed by atoms with Crippen molar-refractivity contribution in [2.75, 3.05) is 7.11 Å². The van der Waals surface area contributed by atoms with Gasteiger partial charge in [0.15, 0.2) is 0 Å². The van der Waals surface area contributed by atoms with Crippen LogP contribution in [0.4, 0.5) is 0 Å². The van der Waals surface area contributed by atoms with Crippen molar-refractivity contribution in [3.63, 3.8) is 0 Å². The third-order valence-electron chi connectivity index (χ3n) is 4.78. The van der Waals surface area contributed by atoms with Crippen LogP contribution < -0.4 is 20.7 Å². The van der Waals surface area contributed by atoms with Gasteiger partial charge in [0.1, 0.15) is 11.8 Å². The summed E-state index contributed by atoms with van der Waals surface area (Å²) < 4.78 is 5.12. The van der Waals surface area contributed by atoms with E-state index < -0.39 is 6.04 Å². The molecule has 6 nitrogen and oxygen atoms in total. The van der Waals surface area contributed by atoms with Crippen LogP contribution in [0.5, 0.6) is 5.75 Å². The zero-order valence-electron chi connectivity index (χ0n) is 15.6. The Balaban J connectivity index is 1.48. The van der Waals surface area contributed by atoms with E-state index in [-0.39, 0.29) is 17.9 Å². The molecule has 0 fully saturated rings. The van der Waals surface area contributed by atoms with Gasteiger partial charge in [-0.2, -0.15) is 0 Å². The minimum atomic E-state index is -0.602. The van der Waals surface area contributed by atoms with Crippen LogP contribution in [0, 0.1) is 0 Å². The van der Waals surface area contributed by atoms with Gasteiger partial charge in [-0.05, 0) is 42.2 Å². The summed E-state index contributed by atoms with van der Waals surface area (Å²) in [7, 11) is 1.61. The molecule has 0 aromatic heterocycles. The number of carbonyl (C=O) groups excluding carboxylic acids is 2. The largest absolute Gasteiger partial charge is 0.497 e. The maximum Gasteiger partial charge on any atom is 0.242 e. The van der Waals surface area contributed by atoms with Gasteiger partial charge >= 0.3 is 0 Å². The number of rotatable bonds is 6. The van der Waals surface area contributed by atoms with Crippen LogP contribution >= 0.6 is 0 Å². The number of carbonyl (C=O) groups is 2. The molecule has 6 heteroatoms. The van der Waals surface area contributed by atoms with E-state index in [9.17, 15) is 9.59 Å². The van der Waals surface area contributed by atoms with E-state index in [0.29, 0.717) is 19.5 Å². The summed E-state index contributed by atoms with van der Waals surface area (Å²) in [5, 5.41) is 8.88. The van der Waals surface area contributed by atoms with Gasteiger partial charge in [-0.3, -0.25) is 9.59 Å². The van der Waals surface area contributed by atoms with Crippen LogP contribution in [0.25, 0.3) is 0 Å². The number of ether oxygens (including phenoxy) is 1. The minimum absolute atomic E-state index is 0.156. The Morgan fingerprint density at radius 2 is 1.85 bits per heavy atom. The van der Waals surface area contributed by atoms with Crippen molar-refractivity contribution in [2.24, 2.45) is 0 Å². The van der Waals surface area contributed by atoms with Crippen molar-refractivity contribution < 1.29 is 14.3 Å². The second kappa shape index (κ2) is 8.68. The summed E-state index contributed by atoms with van der Waals surface area (Å²) in [6.45, 7) is 2.75. The van der Waals surface area contributed by atoms with Gasteiger partial charge in [-0.1, -0.05) is 36.4 Å². The topological polar surface area (TPSA) is 79.5 Å². The minimum Gasteiger partial charge on any atom is -0.497 e. The molecule has 0 radical (unpaired) electrons. The number of hydrogen-bond donors (Lipinski definition) is 3. The third-order valence-corrected chi connectivity index (χ3v) is 4.78. The molecule has 2 unspecified atom stereocenters. The average molecular weight is 367 g/mol. The van der Waals surface area contributed by atoms with Gasteiger partial charge in [-0.15, -0.1) is 0 Å². The van der Waals surface area contributed by atoms with Crippen LogP contribution in [0.3, 0.4) is 0 Å². The summed E-state index contributed by atoms with van der Waals surface area (Å²) in [6.07, 6.45) is 0.627. The lowest BCUT2D eigenvalue weighted by Crippen LogP contribution is -2.53. The fourth-order valence-electron chi connectivity index (χ4n) is 3.10. The summed E-state index contributed by atoms with van der Waals surface area (Å²) in [4.78, 5) is 24.8. The Morgan fingerprint density at radius 1 is 1.15 bits per heavy atom. The first-order valence-corrected chi connectivity index (χ1v) is 9.08. The number of amides is 2. The maximum absolute atomic E-state index is 12.5. The number of benzene rings is 2. The van der Waals surface area contributed by atoms with Crippen molar-refractivity contribution >= 4 is 11.8 Å². The van der Waals surface area contributed by atoms with E-state index >= 15 is 0 Å². The van der Waals surface area contributed by atoms with Crippen molar-refractivity contribution in [1.29, 1.82) is 0 Å². The Bertz CT molecular complexity index is 805. The first kappa shape index (κ1) is 18.9. The molecule has 27 heavy (non-hydrogen) atoms. The molecule has 0 aliphatic carbocycles. The highest BCUT2D eigenvalue weighted by Crippen LogP contribution is 2.16. The predicted octanol–water partition coefficient (Wildman–Crippen LogP) is 1.53. The molecular weight excluding hydrogens is 342 g/mol. The van der Waals surface area contributed by atoms with Crippen molar-refractivity contribution in [1.82, 2.24) is 16.0 Å². The molecule has 0 bridgehead atoms. The molecule has 0 spiro atoms. The SMILES string of the molecule is COc1ccc(CNC(=O)C(C)NC(=O)C2Cc3ccccc3CN2)cc1. The number of fused-ring (bicyclic) bond motifs is 1. The number of hydrogen-bond acceptors (Lipinski definition) is 4. The highest BCUT2D eigenvalue weighted by molar-refractivity contribution is 5.89. The quantitative estimate of drug-likeness (QED) is 0.723. The summed E-state index contributed by atoms with van der Waals surface area (Å²) in [5.41, 5.74) is 3.35. The van der Waals surface area contributed by atoms with Crippen molar-refractivity contribution in [2.45, 2.75) is 38.5 Å². The highest BCUT2D eigenvalue weighted by Gasteiger charge is 2.26. The first-order valence-electron chi connectivity index (χ1n) is 9.08. The Kier molecular flexibility index (Phi) is 6.08. The first-order chi connectivity index (χ1) is 13.1. The monoisotopic (exact) mass is 367 g/mol. The molecule has 1 heterocycles.